The maximum Gasteiger partial charge on any atom is 0.364 e. The standard InChI is InChI=1S/C20H28N4O3/c1-27-18-7-5-16(6-8-18)19-15-21-24(20(26)22-19)12-4-2-3-11-23-13-9-17(25)10-14-23/h5-8,15,17,25H,2-4,9-14H2,1H3. The van der Waals surface area contributed by atoms with Gasteiger partial charge < -0.3 is 14.7 Å². The van der Waals surface area contributed by atoms with Gasteiger partial charge in [0.15, 0.2) is 0 Å². The van der Waals surface area contributed by atoms with Crippen LogP contribution in [0.1, 0.15) is 32.1 Å². The van der Waals surface area contributed by atoms with Gasteiger partial charge in [0.05, 0.1) is 25.1 Å². The number of nitrogens with zero attached hydrogens (tertiary/aromatic N) is 4. The number of aliphatic hydroxyl groups excluding tert-OH is 1. The minimum Gasteiger partial charge on any atom is -0.497 e. The summed E-state index contributed by atoms with van der Waals surface area (Å²) in [5.41, 5.74) is 1.11. The van der Waals surface area contributed by atoms with E-state index in [0.717, 1.165) is 63.1 Å². The van der Waals surface area contributed by atoms with Crippen molar-refractivity contribution in [1.29, 1.82) is 0 Å². The van der Waals surface area contributed by atoms with Gasteiger partial charge in [-0.3, -0.25) is 0 Å². The molecule has 0 amide bonds. The lowest BCUT2D eigenvalue weighted by Crippen LogP contribution is -2.36. The highest BCUT2D eigenvalue weighted by molar-refractivity contribution is 5.58. The molecular weight excluding hydrogens is 344 g/mol. The average Bonchev–Trinajstić information content (AvgIpc) is 2.70. The third kappa shape index (κ3) is 5.61. The lowest BCUT2D eigenvalue weighted by atomic mass is 10.1. The molecular formula is C20H28N4O3. The Hall–Kier alpha value is -2.25. The number of aryl methyl sites for hydroxylation is 1. The van der Waals surface area contributed by atoms with Gasteiger partial charge in [0.1, 0.15) is 5.75 Å². The molecule has 7 nitrogen and oxygen atoms in total. The van der Waals surface area contributed by atoms with Crippen molar-refractivity contribution in [2.24, 2.45) is 0 Å². The molecule has 1 aromatic carbocycles. The summed E-state index contributed by atoms with van der Waals surface area (Å²) in [4.78, 5) is 18.8. The molecule has 0 radical (unpaired) electrons. The van der Waals surface area contributed by atoms with Crippen LogP contribution in [0, 0.1) is 0 Å². The van der Waals surface area contributed by atoms with Crippen molar-refractivity contribution in [2.45, 2.75) is 44.8 Å². The lowest BCUT2D eigenvalue weighted by molar-refractivity contribution is 0.0817. The quantitative estimate of drug-likeness (QED) is 0.714. The molecule has 0 unspecified atom stereocenters. The van der Waals surface area contributed by atoms with Crippen LogP contribution in [0.2, 0.25) is 0 Å². The topological polar surface area (TPSA) is 80.5 Å². The molecule has 1 aliphatic heterocycles. The molecule has 0 bridgehead atoms. The molecule has 0 saturated carbocycles. The summed E-state index contributed by atoms with van der Waals surface area (Å²) >= 11 is 0. The Bertz CT molecular complexity index is 768. The number of benzene rings is 1. The zero-order valence-electron chi connectivity index (χ0n) is 15.9. The fourth-order valence-corrected chi connectivity index (χ4v) is 3.33. The van der Waals surface area contributed by atoms with Gasteiger partial charge in [0.25, 0.3) is 0 Å². The molecule has 27 heavy (non-hydrogen) atoms. The van der Waals surface area contributed by atoms with E-state index < -0.39 is 0 Å². The number of hydrogen-bond donors (Lipinski definition) is 1. The second-order valence-corrected chi connectivity index (χ2v) is 7.01. The molecule has 3 rings (SSSR count). The van der Waals surface area contributed by atoms with Crippen LogP contribution in [-0.2, 0) is 6.54 Å². The van der Waals surface area contributed by atoms with E-state index >= 15 is 0 Å². The average molecular weight is 372 g/mol. The van der Waals surface area contributed by atoms with E-state index in [0.29, 0.717) is 12.2 Å². The summed E-state index contributed by atoms with van der Waals surface area (Å²) in [5, 5.41) is 13.8. The summed E-state index contributed by atoms with van der Waals surface area (Å²) in [6.07, 6.45) is 6.34. The first-order valence-electron chi connectivity index (χ1n) is 9.65. The number of hydrogen-bond acceptors (Lipinski definition) is 6. The van der Waals surface area contributed by atoms with Crippen molar-refractivity contribution < 1.29 is 9.84 Å². The first-order valence-corrected chi connectivity index (χ1v) is 9.65. The number of ether oxygens (including phenoxy) is 1. The van der Waals surface area contributed by atoms with Crippen LogP contribution in [0.4, 0.5) is 0 Å². The highest BCUT2D eigenvalue weighted by atomic mass is 16.5. The summed E-state index contributed by atoms with van der Waals surface area (Å²) in [5.74, 6) is 0.765. The van der Waals surface area contributed by atoms with E-state index in [4.69, 9.17) is 4.74 Å². The fourth-order valence-electron chi connectivity index (χ4n) is 3.33. The molecule has 1 aliphatic rings. The molecule has 1 N–H and O–H groups in total. The highest BCUT2D eigenvalue weighted by Gasteiger charge is 2.15. The molecule has 0 spiro atoms. The zero-order chi connectivity index (χ0) is 19.1. The number of aliphatic hydroxyl groups is 1. The van der Waals surface area contributed by atoms with Gasteiger partial charge in [0.2, 0.25) is 0 Å². The zero-order valence-corrected chi connectivity index (χ0v) is 15.9. The number of likely N-dealkylation sites (tertiary alicyclic amines) is 1. The van der Waals surface area contributed by atoms with Gasteiger partial charge in [-0.1, -0.05) is 6.42 Å². The Morgan fingerprint density at radius 3 is 2.48 bits per heavy atom. The second kappa shape index (κ2) is 9.62. The Morgan fingerprint density at radius 1 is 1.11 bits per heavy atom. The molecule has 146 valence electrons. The van der Waals surface area contributed by atoms with E-state index in [2.05, 4.69) is 15.0 Å². The van der Waals surface area contributed by atoms with Gasteiger partial charge in [0, 0.05) is 25.2 Å². The van der Waals surface area contributed by atoms with Crippen molar-refractivity contribution in [3.63, 3.8) is 0 Å². The molecule has 0 atom stereocenters. The third-order valence-electron chi connectivity index (χ3n) is 5.04. The van der Waals surface area contributed by atoms with Gasteiger partial charge in [-0.15, -0.1) is 0 Å². The van der Waals surface area contributed by atoms with E-state index in [-0.39, 0.29) is 11.8 Å². The van der Waals surface area contributed by atoms with Crippen LogP contribution >= 0.6 is 0 Å². The number of piperidine rings is 1. The van der Waals surface area contributed by atoms with Gasteiger partial charge in [-0.2, -0.15) is 10.1 Å². The number of aromatic nitrogens is 3. The van der Waals surface area contributed by atoms with Crippen molar-refractivity contribution in [3.8, 4) is 17.0 Å². The van der Waals surface area contributed by atoms with Crippen LogP contribution in [0.25, 0.3) is 11.3 Å². The normalized spacial score (nSPS) is 15.8. The summed E-state index contributed by atoms with van der Waals surface area (Å²) in [7, 11) is 1.62. The first-order chi connectivity index (χ1) is 13.2. The van der Waals surface area contributed by atoms with Crippen LogP contribution in [0.15, 0.2) is 35.3 Å². The Balaban J connectivity index is 1.44. The lowest BCUT2D eigenvalue weighted by Gasteiger charge is -2.29. The van der Waals surface area contributed by atoms with Crippen LogP contribution in [0.3, 0.4) is 0 Å². The van der Waals surface area contributed by atoms with Gasteiger partial charge in [-0.05, 0) is 56.5 Å². The van der Waals surface area contributed by atoms with E-state index in [1.165, 1.54) is 4.68 Å². The maximum absolute atomic E-state index is 12.2. The summed E-state index contributed by atoms with van der Waals surface area (Å²) in [6.45, 7) is 3.62. The molecule has 0 aliphatic carbocycles. The summed E-state index contributed by atoms with van der Waals surface area (Å²) in [6, 6.07) is 7.41. The monoisotopic (exact) mass is 372 g/mol. The highest BCUT2D eigenvalue weighted by Crippen LogP contribution is 2.18. The van der Waals surface area contributed by atoms with Crippen LogP contribution < -0.4 is 10.4 Å². The number of methoxy groups -OCH3 is 1. The smallest absolute Gasteiger partial charge is 0.364 e. The van der Waals surface area contributed by atoms with E-state index in [9.17, 15) is 9.90 Å². The predicted octanol–water partition coefficient (Wildman–Crippen LogP) is 1.94. The van der Waals surface area contributed by atoms with Crippen molar-refractivity contribution in [3.05, 3.63) is 40.9 Å². The first kappa shape index (κ1) is 19.5. The third-order valence-corrected chi connectivity index (χ3v) is 5.04. The van der Waals surface area contributed by atoms with Gasteiger partial charge in [-0.25, -0.2) is 9.48 Å². The van der Waals surface area contributed by atoms with Gasteiger partial charge >= 0.3 is 5.69 Å². The minimum atomic E-state index is -0.312. The van der Waals surface area contributed by atoms with E-state index in [1.807, 2.05) is 24.3 Å². The van der Waals surface area contributed by atoms with Crippen molar-refractivity contribution in [1.82, 2.24) is 19.7 Å². The maximum atomic E-state index is 12.2. The molecule has 2 aromatic rings. The summed E-state index contributed by atoms with van der Waals surface area (Å²) < 4.78 is 6.57. The fraction of sp³-hybridized carbons (Fsp3) is 0.550. The van der Waals surface area contributed by atoms with E-state index in [1.54, 1.807) is 13.3 Å². The Labute approximate surface area is 159 Å². The molecule has 1 aromatic heterocycles. The Kier molecular flexibility index (Phi) is 6.95. The second-order valence-electron chi connectivity index (χ2n) is 7.01. The van der Waals surface area contributed by atoms with Crippen molar-refractivity contribution in [2.75, 3.05) is 26.7 Å². The predicted molar refractivity (Wildman–Crippen MR) is 104 cm³/mol. The number of rotatable bonds is 8. The molecule has 2 heterocycles. The molecule has 1 fully saturated rings. The van der Waals surface area contributed by atoms with Crippen LogP contribution in [0.5, 0.6) is 5.75 Å². The largest absolute Gasteiger partial charge is 0.497 e. The SMILES string of the molecule is COc1ccc(-c2cnn(CCCCCN3CCC(O)CC3)c(=O)n2)cc1. The molecule has 7 heteroatoms. The minimum absolute atomic E-state index is 0.118. The van der Waals surface area contributed by atoms with Crippen molar-refractivity contribution >= 4 is 0 Å². The Morgan fingerprint density at radius 2 is 1.81 bits per heavy atom. The van der Waals surface area contributed by atoms with Crippen LogP contribution in [-0.4, -0.2) is 57.6 Å². The molecule has 1 saturated heterocycles. The number of unbranched alkanes of at least 4 members (excludes halogenated alkanes) is 2.